The molecule has 192 valence electrons. The molecule has 3 aromatic rings. The van der Waals surface area contributed by atoms with Crippen LogP contribution in [-0.2, 0) is 29.0 Å². The summed E-state index contributed by atoms with van der Waals surface area (Å²) in [6.07, 6.45) is 0.665. The number of ether oxygens (including phenoxy) is 4. The van der Waals surface area contributed by atoms with E-state index >= 15 is 0 Å². The van der Waals surface area contributed by atoms with Crippen LogP contribution < -0.4 is 25.1 Å². The SMILES string of the molecule is COc1ccc(CCNC(=O)Cn2c(CN3CCOCC3)nc3cc(OC)c(OC)cc3c2=O)cc1. The number of rotatable bonds is 10. The molecule has 1 aliphatic heterocycles. The van der Waals surface area contributed by atoms with E-state index in [0.29, 0.717) is 61.0 Å². The Kier molecular flexibility index (Phi) is 8.40. The number of nitrogens with zero attached hydrogens (tertiary/aromatic N) is 3. The highest BCUT2D eigenvalue weighted by Crippen LogP contribution is 2.30. The second-order valence-corrected chi connectivity index (χ2v) is 8.48. The Labute approximate surface area is 209 Å². The second kappa shape index (κ2) is 11.9. The Hall–Kier alpha value is -3.63. The molecule has 36 heavy (non-hydrogen) atoms. The number of methoxy groups -OCH3 is 3. The predicted octanol–water partition coefficient (Wildman–Crippen LogP) is 1.61. The standard InChI is InChI=1S/C26H32N4O6/c1-33-19-6-4-18(5-7-19)8-9-27-25(31)17-30-24(16-29-10-12-36-13-11-29)28-21-15-23(35-3)22(34-2)14-20(21)26(30)32/h4-7,14-15H,8-13,16-17H2,1-3H3,(H,27,31). The second-order valence-electron chi connectivity index (χ2n) is 8.48. The highest BCUT2D eigenvalue weighted by Gasteiger charge is 2.20. The van der Waals surface area contributed by atoms with Gasteiger partial charge in [0.1, 0.15) is 18.1 Å². The summed E-state index contributed by atoms with van der Waals surface area (Å²) in [7, 11) is 4.67. The lowest BCUT2D eigenvalue weighted by molar-refractivity contribution is -0.121. The number of nitrogens with one attached hydrogen (secondary N) is 1. The van der Waals surface area contributed by atoms with Crippen LogP contribution in [0.1, 0.15) is 11.4 Å². The van der Waals surface area contributed by atoms with Gasteiger partial charge in [0.15, 0.2) is 11.5 Å². The van der Waals surface area contributed by atoms with E-state index in [1.807, 2.05) is 24.3 Å². The van der Waals surface area contributed by atoms with Gasteiger partial charge >= 0.3 is 0 Å². The van der Waals surface area contributed by atoms with Gasteiger partial charge in [-0.1, -0.05) is 12.1 Å². The van der Waals surface area contributed by atoms with Crippen molar-refractivity contribution in [1.82, 2.24) is 19.8 Å². The maximum atomic E-state index is 13.5. The zero-order chi connectivity index (χ0) is 25.5. The maximum Gasteiger partial charge on any atom is 0.262 e. The normalized spacial score (nSPS) is 14.0. The molecule has 0 radical (unpaired) electrons. The molecule has 0 atom stereocenters. The number of aromatic nitrogens is 2. The summed E-state index contributed by atoms with van der Waals surface area (Å²) >= 11 is 0. The molecule has 0 aliphatic carbocycles. The van der Waals surface area contributed by atoms with E-state index in [1.54, 1.807) is 19.2 Å². The molecule has 4 rings (SSSR count). The van der Waals surface area contributed by atoms with Gasteiger partial charge in [-0.05, 0) is 30.2 Å². The van der Waals surface area contributed by atoms with Crippen LogP contribution in [0.2, 0.25) is 0 Å². The molecular weight excluding hydrogens is 464 g/mol. The fourth-order valence-electron chi connectivity index (χ4n) is 4.18. The van der Waals surface area contributed by atoms with E-state index in [-0.39, 0.29) is 18.0 Å². The van der Waals surface area contributed by atoms with E-state index in [4.69, 9.17) is 23.9 Å². The van der Waals surface area contributed by atoms with Gasteiger partial charge in [0.05, 0.1) is 52.0 Å². The zero-order valence-electron chi connectivity index (χ0n) is 20.9. The third-order valence-electron chi connectivity index (χ3n) is 6.20. The van der Waals surface area contributed by atoms with Crippen LogP contribution in [-0.4, -0.2) is 74.5 Å². The monoisotopic (exact) mass is 496 g/mol. The number of hydrogen-bond donors (Lipinski definition) is 1. The fourth-order valence-corrected chi connectivity index (χ4v) is 4.18. The Morgan fingerprint density at radius 2 is 1.72 bits per heavy atom. The number of fused-ring (bicyclic) bond motifs is 1. The first kappa shape index (κ1) is 25.5. The molecule has 1 amide bonds. The summed E-state index contributed by atoms with van der Waals surface area (Å²) in [5, 5.41) is 3.28. The van der Waals surface area contributed by atoms with Gasteiger partial charge in [0.2, 0.25) is 5.91 Å². The quantitative estimate of drug-likeness (QED) is 0.452. The van der Waals surface area contributed by atoms with E-state index in [0.717, 1.165) is 24.4 Å². The summed E-state index contributed by atoms with van der Waals surface area (Å²) in [5.41, 5.74) is 1.28. The topological polar surface area (TPSA) is 104 Å². The van der Waals surface area contributed by atoms with Crippen LogP contribution in [0.3, 0.4) is 0 Å². The van der Waals surface area contributed by atoms with E-state index in [9.17, 15) is 9.59 Å². The number of amides is 1. The first-order valence-electron chi connectivity index (χ1n) is 11.9. The smallest absolute Gasteiger partial charge is 0.262 e. The third kappa shape index (κ3) is 5.95. The minimum Gasteiger partial charge on any atom is -0.497 e. The van der Waals surface area contributed by atoms with Crippen molar-refractivity contribution in [3.63, 3.8) is 0 Å². The third-order valence-corrected chi connectivity index (χ3v) is 6.20. The van der Waals surface area contributed by atoms with Crippen molar-refractivity contribution in [1.29, 1.82) is 0 Å². The summed E-state index contributed by atoms with van der Waals surface area (Å²) < 4.78 is 22.8. The first-order valence-corrected chi connectivity index (χ1v) is 11.9. The fraction of sp³-hybridized carbons (Fsp3) is 0.423. The van der Waals surface area contributed by atoms with E-state index in [1.165, 1.54) is 18.8 Å². The van der Waals surface area contributed by atoms with Gasteiger partial charge in [0, 0.05) is 25.7 Å². The summed E-state index contributed by atoms with van der Waals surface area (Å²) in [6.45, 7) is 3.45. The van der Waals surface area contributed by atoms with Crippen molar-refractivity contribution in [2.24, 2.45) is 0 Å². The minimum atomic E-state index is -0.297. The van der Waals surface area contributed by atoms with Crippen molar-refractivity contribution < 1.29 is 23.7 Å². The zero-order valence-corrected chi connectivity index (χ0v) is 20.9. The van der Waals surface area contributed by atoms with Gasteiger partial charge in [-0.15, -0.1) is 0 Å². The van der Waals surface area contributed by atoms with Crippen LogP contribution >= 0.6 is 0 Å². The van der Waals surface area contributed by atoms with E-state index < -0.39 is 0 Å². The first-order chi connectivity index (χ1) is 17.5. The molecule has 0 spiro atoms. The lowest BCUT2D eigenvalue weighted by Crippen LogP contribution is -2.40. The summed E-state index contributed by atoms with van der Waals surface area (Å²) in [5.74, 6) is 1.97. The van der Waals surface area contributed by atoms with Crippen LogP contribution in [0, 0.1) is 0 Å². The molecule has 0 unspecified atom stereocenters. The average Bonchev–Trinajstić information content (AvgIpc) is 2.91. The average molecular weight is 497 g/mol. The van der Waals surface area contributed by atoms with Gasteiger partial charge in [-0.3, -0.25) is 19.1 Å². The van der Waals surface area contributed by atoms with Gasteiger partial charge in [-0.2, -0.15) is 0 Å². The molecule has 1 fully saturated rings. The van der Waals surface area contributed by atoms with Crippen molar-refractivity contribution in [2.45, 2.75) is 19.5 Å². The molecule has 1 N–H and O–H groups in total. The molecule has 2 aromatic carbocycles. The molecule has 10 nitrogen and oxygen atoms in total. The molecule has 1 aromatic heterocycles. The van der Waals surface area contributed by atoms with Crippen molar-refractivity contribution in [2.75, 3.05) is 54.2 Å². The maximum absolute atomic E-state index is 13.5. The number of carbonyl (C=O) groups excluding carboxylic acids is 1. The van der Waals surface area contributed by atoms with E-state index in [2.05, 4.69) is 10.2 Å². The Morgan fingerprint density at radius 1 is 1.03 bits per heavy atom. The van der Waals surface area contributed by atoms with Crippen molar-refractivity contribution in [3.8, 4) is 17.2 Å². The summed E-state index contributed by atoms with van der Waals surface area (Å²) in [6, 6.07) is 11.0. The highest BCUT2D eigenvalue weighted by molar-refractivity contribution is 5.82. The molecule has 2 heterocycles. The molecule has 1 saturated heterocycles. The molecule has 10 heteroatoms. The highest BCUT2D eigenvalue weighted by atomic mass is 16.5. The number of benzene rings is 2. The lowest BCUT2D eigenvalue weighted by atomic mass is 10.1. The minimum absolute atomic E-state index is 0.127. The van der Waals surface area contributed by atoms with Crippen LogP contribution in [0.25, 0.3) is 10.9 Å². The van der Waals surface area contributed by atoms with Gasteiger partial charge in [0.25, 0.3) is 5.56 Å². The van der Waals surface area contributed by atoms with Crippen molar-refractivity contribution >= 4 is 16.8 Å². The molecular formula is C26H32N4O6. The number of morpholine rings is 1. The van der Waals surface area contributed by atoms with Crippen LogP contribution in [0.5, 0.6) is 17.2 Å². The molecule has 1 aliphatic rings. The van der Waals surface area contributed by atoms with Gasteiger partial charge < -0.3 is 24.3 Å². The van der Waals surface area contributed by atoms with Gasteiger partial charge in [-0.25, -0.2) is 4.98 Å². The lowest BCUT2D eigenvalue weighted by Gasteiger charge is -2.27. The largest absolute Gasteiger partial charge is 0.497 e. The molecule has 0 bridgehead atoms. The Balaban J connectivity index is 1.56. The molecule has 0 saturated carbocycles. The number of carbonyl (C=O) groups is 1. The summed E-state index contributed by atoms with van der Waals surface area (Å²) in [4.78, 5) is 33.3. The predicted molar refractivity (Wildman–Crippen MR) is 135 cm³/mol. The van der Waals surface area contributed by atoms with Crippen molar-refractivity contribution in [3.05, 3.63) is 58.1 Å². The number of hydrogen-bond acceptors (Lipinski definition) is 8. The van der Waals surface area contributed by atoms with Crippen LogP contribution in [0.4, 0.5) is 0 Å². The Bertz CT molecular complexity index is 1250. The Morgan fingerprint density at radius 3 is 2.39 bits per heavy atom. The van der Waals surface area contributed by atoms with Crippen LogP contribution in [0.15, 0.2) is 41.2 Å².